The first-order chi connectivity index (χ1) is 8.08. The third-order valence-corrected chi connectivity index (χ3v) is 2.79. The number of hydrogen-bond donors (Lipinski definition) is 1. The maximum atomic E-state index is 6.08. The van der Waals surface area contributed by atoms with Crippen molar-refractivity contribution in [1.29, 1.82) is 0 Å². The van der Waals surface area contributed by atoms with Gasteiger partial charge >= 0.3 is 0 Å². The van der Waals surface area contributed by atoms with E-state index in [1.807, 2.05) is 24.3 Å². The van der Waals surface area contributed by atoms with Crippen molar-refractivity contribution in [2.75, 3.05) is 0 Å². The first kappa shape index (κ1) is 11.8. The van der Waals surface area contributed by atoms with Crippen LogP contribution in [0.15, 0.2) is 28.7 Å². The monoisotopic (exact) mass is 231 g/mol. The molecule has 1 aromatic carbocycles. The predicted octanol–water partition coefficient (Wildman–Crippen LogP) is 2.70. The van der Waals surface area contributed by atoms with Gasteiger partial charge in [0.15, 0.2) is 0 Å². The second kappa shape index (κ2) is 4.67. The molecule has 0 aliphatic heterocycles. The lowest BCUT2D eigenvalue weighted by atomic mass is 9.96. The second-order valence-corrected chi connectivity index (χ2v) is 4.52. The van der Waals surface area contributed by atoms with Crippen molar-refractivity contribution in [3.8, 4) is 11.5 Å². The van der Waals surface area contributed by atoms with Crippen molar-refractivity contribution in [1.82, 2.24) is 10.2 Å². The molecule has 0 radical (unpaired) electrons. The van der Waals surface area contributed by atoms with Gasteiger partial charge < -0.3 is 10.2 Å². The molecule has 4 heteroatoms. The summed E-state index contributed by atoms with van der Waals surface area (Å²) in [7, 11) is 0. The molecule has 0 unspecified atom stereocenters. The summed E-state index contributed by atoms with van der Waals surface area (Å²) in [6, 6.07) is 8.02. The highest BCUT2D eigenvalue weighted by molar-refractivity contribution is 5.53. The van der Waals surface area contributed by atoms with Crippen LogP contribution in [0.1, 0.15) is 31.3 Å². The zero-order valence-electron chi connectivity index (χ0n) is 10.3. The van der Waals surface area contributed by atoms with E-state index < -0.39 is 0 Å². The molecule has 0 aliphatic carbocycles. The molecule has 1 heterocycles. The summed E-state index contributed by atoms with van der Waals surface area (Å²) in [5.41, 5.74) is 8.13. The van der Waals surface area contributed by atoms with Crippen LogP contribution in [0.25, 0.3) is 11.5 Å². The van der Waals surface area contributed by atoms with E-state index in [0.29, 0.717) is 17.7 Å². The lowest BCUT2D eigenvalue weighted by molar-refractivity contribution is 0.514. The first-order valence-electron chi connectivity index (χ1n) is 5.74. The number of nitrogens with two attached hydrogens (primary N) is 1. The maximum Gasteiger partial charge on any atom is 0.247 e. The van der Waals surface area contributed by atoms with Crippen molar-refractivity contribution in [2.24, 2.45) is 11.7 Å². The summed E-state index contributed by atoms with van der Waals surface area (Å²) in [4.78, 5) is 0. The number of nitrogens with zero attached hydrogens (tertiary/aromatic N) is 2. The van der Waals surface area contributed by atoms with Gasteiger partial charge in [-0.25, -0.2) is 0 Å². The molecule has 17 heavy (non-hydrogen) atoms. The van der Waals surface area contributed by atoms with Gasteiger partial charge in [-0.3, -0.25) is 0 Å². The van der Waals surface area contributed by atoms with Crippen molar-refractivity contribution >= 4 is 0 Å². The third-order valence-electron chi connectivity index (χ3n) is 2.79. The molecule has 0 bridgehead atoms. The summed E-state index contributed by atoms with van der Waals surface area (Å²) in [6.07, 6.45) is 0. The molecule has 0 aliphatic rings. The van der Waals surface area contributed by atoms with Gasteiger partial charge in [-0.05, 0) is 23.6 Å². The van der Waals surface area contributed by atoms with Crippen LogP contribution in [0.5, 0.6) is 0 Å². The fourth-order valence-corrected chi connectivity index (χ4v) is 1.65. The highest BCUT2D eigenvalue weighted by atomic mass is 16.4. The van der Waals surface area contributed by atoms with Crippen molar-refractivity contribution in [3.05, 3.63) is 35.7 Å². The molecule has 0 fully saturated rings. The zero-order chi connectivity index (χ0) is 12.4. The van der Waals surface area contributed by atoms with Gasteiger partial charge in [0.1, 0.15) is 0 Å². The Balaban J connectivity index is 2.24. The summed E-state index contributed by atoms with van der Waals surface area (Å²) >= 11 is 0. The molecule has 1 aromatic heterocycles. The number of benzene rings is 1. The van der Waals surface area contributed by atoms with Gasteiger partial charge in [0.25, 0.3) is 0 Å². The molecule has 2 N–H and O–H groups in total. The molecule has 2 aromatic rings. The largest absolute Gasteiger partial charge is 0.421 e. The SMILES string of the molecule is Cc1nnc(-c2ccc([C@@H](N)C(C)C)cc2)o1. The standard InChI is InChI=1S/C13H17N3O/c1-8(2)12(14)10-4-6-11(7-5-10)13-16-15-9(3)17-13/h4-8,12H,14H2,1-3H3/t12-/m0/s1. The van der Waals surface area contributed by atoms with Crippen LogP contribution in [0.3, 0.4) is 0 Å². The molecule has 2 rings (SSSR count). The first-order valence-corrected chi connectivity index (χ1v) is 5.74. The van der Waals surface area contributed by atoms with E-state index in [9.17, 15) is 0 Å². The van der Waals surface area contributed by atoms with E-state index in [-0.39, 0.29) is 6.04 Å². The fourth-order valence-electron chi connectivity index (χ4n) is 1.65. The van der Waals surface area contributed by atoms with Crippen LogP contribution in [-0.4, -0.2) is 10.2 Å². The normalized spacial score (nSPS) is 13.0. The van der Waals surface area contributed by atoms with E-state index in [2.05, 4.69) is 24.0 Å². The Morgan fingerprint density at radius 3 is 2.24 bits per heavy atom. The average Bonchev–Trinajstić information content (AvgIpc) is 2.75. The minimum atomic E-state index is 0.0634. The van der Waals surface area contributed by atoms with Gasteiger partial charge in [-0.2, -0.15) is 0 Å². The Labute approximate surface area is 101 Å². The predicted molar refractivity (Wildman–Crippen MR) is 66.2 cm³/mol. The van der Waals surface area contributed by atoms with Crippen molar-refractivity contribution in [2.45, 2.75) is 26.8 Å². The van der Waals surface area contributed by atoms with Crippen LogP contribution in [0.2, 0.25) is 0 Å². The highest BCUT2D eigenvalue weighted by Crippen LogP contribution is 2.23. The number of hydrogen-bond acceptors (Lipinski definition) is 4. The second-order valence-electron chi connectivity index (χ2n) is 4.52. The Bertz CT molecular complexity index is 488. The van der Waals surface area contributed by atoms with Crippen molar-refractivity contribution in [3.63, 3.8) is 0 Å². The highest BCUT2D eigenvalue weighted by Gasteiger charge is 2.11. The van der Waals surface area contributed by atoms with Crippen LogP contribution < -0.4 is 5.73 Å². The molecule has 1 atom stereocenters. The molecule has 4 nitrogen and oxygen atoms in total. The van der Waals surface area contributed by atoms with E-state index in [1.165, 1.54) is 0 Å². The molecule has 0 amide bonds. The topological polar surface area (TPSA) is 64.9 Å². The fraction of sp³-hybridized carbons (Fsp3) is 0.385. The lowest BCUT2D eigenvalue weighted by Gasteiger charge is -2.15. The van der Waals surface area contributed by atoms with E-state index in [4.69, 9.17) is 10.2 Å². The molecular weight excluding hydrogens is 214 g/mol. The van der Waals surface area contributed by atoms with Crippen LogP contribution in [0.4, 0.5) is 0 Å². The smallest absolute Gasteiger partial charge is 0.247 e. The lowest BCUT2D eigenvalue weighted by Crippen LogP contribution is -2.16. The Morgan fingerprint density at radius 1 is 1.12 bits per heavy atom. The molecule has 0 saturated heterocycles. The van der Waals surface area contributed by atoms with Crippen LogP contribution in [0, 0.1) is 12.8 Å². The summed E-state index contributed by atoms with van der Waals surface area (Å²) in [5.74, 6) is 1.54. The maximum absolute atomic E-state index is 6.08. The van der Waals surface area contributed by atoms with Crippen molar-refractivity contribution < 1.29 is 4.42 Å². The number of aromatic nitrogens is 2. The van der Waals surface area contributed by atoms with Gasteiger partial charge in [-0.15, -0.1) is 10.2 Å². The number of aryl methyl sites for hydroxylation is 1. The number of rotatable bonds is 3. The Hall–Kier alpha value is -1.68. The molecule has 90 valence electrons. The quantitative estimate of drug-likeness (QED) is 0.882. The van der Waals surface area contributed by atoms with Crippen LogP contribution >= 0.6 is 0 Å². The zero-order valence-corrected chi connectivity index (χ0v) is 10.3. The summed E-state index contributed by atoms with van der Waals surface area (Å²) in [6.45, 7) is 6.00. The van der Waals surface area contributed by atoms with Gasteiger partial charge in [-0.1, -0.05) is 26.0 Å². The van der Waals surface area contributed by atoms with Crippen LogP contribution in [-0.2, 0) is 0 Å². The van der Waals surface area contributed by atoms with Gasteiger partial charge in [0.2, 0.25) is 11.8 Å². The minimum Gasteiger partial charge on any atom is -0.421 e. The summed E-state index contributed by atoms with van der Waals surface area (Å²) in [5, 5.41) is 7.79. The van der Waals surface area contributed by atoms with Gasteiger partial charge in [0, 0.05) is 18.5 Å². The van der Waals surface area contributed by atoms with E-state index in [1.54, 1.807) is 6.92 Å². The summed E-state index contributed by atoms with van der Waals surface area (Å²) < 4.78 is 5.36. The molecular formula is C13H17N3O. The average molecular weight is 231 g/mol. The third kappa shape index (κ3) is 2.53. The Morgan fingerprint density at radius 2 is 1.76 bits per heavy atom. The van der Waals surface area contributed by atoms with E-state index in [0.717, 1.165) is 11.1 Å². The van der Waals surface area contributed by atoms with E-state index >= 15 is 0 Å². The minimum absolute atomic E-state index is 0.0634. The van der Waals surface area contributed by atoms with Gasteiger partial charge in [0.05, 0.1) is 0 Å². The Kier molecular flexibility index (Phi) is 3.24. The molecule has 0 spiro atoms. The molecule has 0 saturated carbocycles.